The minimum absolute atomic E-state index is 0.00822. The Kier molecular flexibility index (Phi) is 5.66. The van der Waals surface area contributed by atoms with Crippen molar-refractivity contribution in [2.75, 3.05) is 13.1 Å². The van der Waals surface area contributed by atoms with Crippen molar-refractivity contribution in [2.45, 2.75) is 26.9 Å². The SMILES string of the molecule is CCNCC(Oc1cc(C)c(Cl)c(C)c1)c1ccccc1. The summed E-state index contributed by atoms with van der Waals surface area (Å²) in [6.45, 7) is 7.80. The van der Waals surface area contributed by atoms with Crippen LogP contribution in [-0.2, 0) is 0 Å². The van der Waals surface area contributed by atoms with E-state index in [-0.39, 0.29) is 6.10 Å². The molecule has 0 saturated carbocycles. The lowest BCUT2D eigenvalue weighted by Crippen LogP contribution is -2.25. The lowest BCUT2D eigenvalue weighted by molar-refractivity contribution is 0.202. The van der Waals surface area contributed by atoms with Crippen molar-refractivity contribution in [1.29, 1.82) is 0 Å². The van der Waals surface area contributed by atoms with Crippen molar-refractivity contribution in [3.63, 3.8) is 0 Å². The Morgan fingerprint density at radius 1 is 1.10 bits per heavy atom. The average Bonchev–Trinajstić information content (AvgIpc) is 2.49. The highest BCUT2D eigenvalue weighted by molar-refractivity contribution is 6.32. The number of rotatable bonds is 6. The maximum absolute atomic E-state index is 6.22. The molecule has 1 atom stereocenters. The van der Waals surface area contributed by atoms with Gasteiger partial charge in [-0.1, -0.05) is 48.9 Å². The first-order valence-electron chi connectivity index (χ1n) is 7.31. The van der Waals surface area contributed by atoms with E-state index in [4.69, 9.17) is 16.3 Å². The molecular weight excluding hydrogens is 282 g/mol. The number of aryl methyl sites for hydroxylation is 2. The van der Waals surface area contributed by atoms with E-state index in [1.807, 2.05) is 44.2 Å². The predicted octanol–water partition coefficient (Wildman–Crippen LogP) is 4.69. The zero-order valence-corrected chi connectivity index (χ0v) is 13.6. The zero-order valence-electron chi connectivity index (χ0n) is 12.8. The van der Waals surface area contributed by atoms with Crippen LogP contribution in [0.25, 0.3) is 0 Å². The summed E-state index contributed by atoms with van der Waals surface area (Å²) in [4.78, 5) is 0. The Labute approximate surface area is 132 Å². The van der Waals surface area contributed by atoms with E-state index in [2.05, 4.69) is 24.4 Å². The Morgan fingerprint density at radius 3 is 2.29 bits per heavy atom. The molecule has 2 aromatic carbocycles. The average molecular weight is 304 g/mol. The van der Waals surface area contributed by atoms with Crippen LogP contribution in [0.1, 0.15) is 29.7 Å². The van der Waals surface area contributed by atoms with Crippen LogP contribution < -0.4 is 10.1 Å². The minimum Gasteiger partial charge on any atom is -0.484 e. The summed E-state index contributed by atoms with van der Waals surface area (Å²) in [7, 11) is 0. The second kappa shape index (κ2) is 7.48. The smallest absolute Gasteiger partial charge is 0.136 e. The zero-order chi connectivity index (χ0) is 15.2. The lowest BCUT2D eigenvalue weighted by atomic mass is 10.1. The van der Waals surface area contributed by atoms with Gasteiger partial charge in [-0.05, 0) is 49.2 Å². The fourth-order valence-corrected chi connectivity index (χ4v) is 2.42. The van der Waals surface area contributed by atoms with Crippen molar-refractivity contribution in [3.05, 3.63) is 64.2 Å². The fourth-order valence-electron chi connectivity index (χ4n) is 2.31. The molecule has 112 valence electrons. The standard InChI is InChI=1S/C18H22ClNO/c1-4-20-12-17(15-8-6-5-7-9-15)21-16-10-13(2)18(19)14(3)11-16/h5-11,17,20H,4,12H2,1-3H3. The van der Waals surface area contributed by atoms with Crippen LogP contribution in [0.2, 0.25) is 5.02 Å². The van der Waals surface area contributed by atoms with Crippen LogP contribution in [0.3, 0.4) is 0 Å². The van der Waals surface area contributed by atoms with E-state index in [0.717, 1.165) is 35.0 Å². The summed E-state index contributed by atoms with van der Waals surface area (Å²) in [5, 5.41) is 4.17. The summed E-state index contributed by atoms with van der Waals surface area (Å²) in [6.07, 6.45) is -0.00822. The molecule has 2 rings (SSSR count). The van der Waals surface area contributed by atoms with Gasteiger partial charge in [0.15, 0.2) is 0 Å². The van der Waals surface area contributed by atoms with Crippen LogP contribution in [0.5, 0.6) is 5.75 Å². The topological polar surface area (TPSA) is 21.3 Å². The molecule has 0 saturated heterocycles. The molecule has 0 aliphatic rings. The largest absolute Gasteiger partial charge is 0.484 e. The first-order valence-corrected chi connectivity index (χ1v) is 7.68. The number of benzene rings is 2. The Balaban J connectivity index is 2.23. The van der Waals surface area contributed by atoms with Gasteiger partial charge in [-0.2, -0.15) is 0 Å². The highest BCUT2D eigenvalue weighted by atomic mass is 35.5. The van der Waals surface area contributed by atoms with Gasteiger partial charge in [-0.3, -0.25) is 0 Å². The third kappa shape index (κ3) is 4.23. The molecule has 1 N–H and O–H groups in total. The first kappa shape index (κ1) is 15.9. The van der Waals surface area contributed by atoms with Crippen molar-refractivity contribution >= 4 is 11.6 Å². The summed E-state index contributed by atoms with van der Waals surface area (Å²) >= 11 is 6.22. The molecule has 0 amide bonds. The van der Waals surface area contributed by atoms with Gasteiger partial charge in [-0.25, -0.2) is 0 Å². The molecule has 0 radical (unpaired) electrons. The molecule has 21 heavy (non-hydrogen) atoms. The molecule has 0 aliphatic heterocycles. The Morgan fingerprint density at radius 2 is 1.71 bits per heavy atom. The monoisotopic (exact) mass is 303 g/mol. The molecule has 3 heteroatoms. The van der Waals surface area contributed by atoms with Gasteiger partial charge in [0, 0.05) is 11.6 Å². The van der Waals surface area contributed by atoms with E-state index >= 15 is 0 Å². The van der Waals surface area contributed by atoms with Crippen molar-refractivity contribution in [3.8, 4) is 5.75 Å². The fraction of sp³-hybridized carbons (Fsp3) is 0.333. The maximum Gasteiger partial charge on any atom is 0.136 e. The van der Waals surface area contributed by atoms with Gasteiger partial charge < -0.3 is 10.1 Å². The lowest BCUT2D eigenvalue weighted by Gasteiger charge is -2.21. The van der Waals surface area contributed by atoms with E-state index in [9.17, 15) is 0 Å². The number of hydrogen-bond donors (Lipinski definition) is 1. The van der Waals surface area contributed by atoms with Gasteiger partial charge in [0.25, 0.3) is 0 Å². The second-order valence-corrected chi connectivity index (χ2v) is 5.57. The highest BCUT2D eigenvalue weighted by Gasteiger charge is 2.14. The normalized spacial score (nSPS) is 12.2. The first-order chi connectivity index (χ1) is 10.1. The highest BCUT2D eigenvalue weighted by Crippen LogP contribution is 2.29. The van der Waals surface area contributed by atoms with Crippen LogP contribution >= 0.6 is 11.6 Å². The van der Waals surface area contributed by atoms with Crippen LogP contribution in [-0.4, -0.2) is 13.1 Å². The molecule has 0 aliphatic carbocycles. The number of ether oxygens (including phenoxy) is 1. The number of likely N-dealkylation sites (N-methyl/N-ethyl adjacent to an activating group) is 1. The molecular formula is C18H22ClNO. The Hall–Kier alpha value is -1.51. The minimum atomic E-state index is -0.00822. The number of halogens is 1. The van der Waals surface area contributed by atoms with Crippen LogP contribution in [0.15, 0.2) is 42.5 Å². The van der Waals surface area contributed by atoms with Crippen molar-refractivity contribution in [1.82, 2.24) is 5.32 Å². The van der Waals surface area contributed by atoms with Gasteiger partial charge in [0.05, 0.1) is 0 Å². The summed E-state index contributed by atoms with van der Waals surface area (Å²) < 4.78 is 6.20. The summed E-state index contributed by atoms with van der Waals surface area (Å²) in [6, 6.07) is 14.3. The molecule has 2 nitrogen and oxygen atoms in total. The number of hydrogen-bond acceptors (Lipinski definition) is 2. The predicted molar refractivity (Wildman–Crippen MR) is 89.3 cm³/mol. The van der Waals surface area contributed by atoms with Crippen LogP contribution in [0.4, 0.5) is 0 Å². The third-order valence-electron chi connectivity index (χ3n) is 3.44. The maximum atomic E-state index is 6.22. The van der Waals surface area contributed by atoms with Crippen molar-refractivity contribution in [2.24, 2.45) is 0 Å². The molecule has 0 spiro atoms. The molecule has 0 heterocycles. The van der Waals surface area contributed by atoms with E-state index < -0.39 is 0 Å². The van der Waals surface area contributed by atoms with Crippen LogP contribution in [0, 0.1) is 13.8 Å². The summed E-state index contributed by atoms with van der Waals surface area (Å²) in [5.74, 6) is 0.862. The molecule has 0 aromatic heterocycles. The molecule has 2 aromatic rings. The summed E-state index contributed by atoms with van der Waals surface area (Å²) in [5.41, 5.74) is 3.26. The van der Waals surface area contributed by atoms with Crippen molar-refractivity contribution < 1.29 is 4.74 Å². The molecule has 1 unspecified atom stereocenters. The Bertz CT molecular complexity index is 560. The van der Waals surface area contributed by atoms with Gasteiger partial charge >= 0.3 is 0 Å². The third-order valence-corrected chi connectivity index (χ3v) is 4.04. The number of nitrogens with one attached hydrogen (secondary N) is 1. The second-order valence-electron chi connectivity index (χ2n) is 5.20. The van der Waals surface area contributed by atoms with E-state index in [1.165, 1.54) is 5.56 Å². The van der Waals surface area contributed by atoms with Gasteiger partial charge in [0.1, 0.15) is 11.9 Å². The van der Waals surface area contributed by atoms with E-state index in [1.54, 1.807) is 0 Å². The molecule has 0 fully saturated rings. The van der Waals surface area contributed by atoms with E-state index in [0.29, 0.717) is 0 Å². The van der Waals surface area contributed by atoms with Gasteiger partial charge in [-0.15, -0.1) is 0 Å². The van der Waals surface area contributed by atoms with Gasteiger partial charge in [0.2, 0.25) is 0 Å². The molecule has 0 bridgehead atoms. The quantitative estimate of drug-likeness (QED) is 0.836.